The summed E-state index contributed by atoms with van der Waals surface area (Å²) in [6.45, 7) is 1.91. The Balaban J connectivity index is 1.82. The molecule has 0 fully saturated rings. The second kappa shape index (κ2) is 7.93. The smallest absolute Gasteiger partial charge is 0.163 e. The molecule has 2 heterocycles. The molecule has 2 aromatic heterocycles. The molecular weight excluding hydrogens is 465 g/mol. The van der Waals surface area contributed by atoms with Crippen LogP contribution >= 0.6 is 34.2 Å². The van der Waals surface area contributed by atoms with Crippen LogP contribution in [0.4, 0.5) is 0 Å². The minimum atomic E-state index is -0.168. The van der Waals surface area contributed by atoms with Crippen molar-refractivity contribution in [3.63, 3.8) is 0 Å². The first kappa shape index (κ1) is 18.5. The van der Waals surface area contributed by atoms with E-state index in [4.69, 9.17) is 16.9 Å². The van der Waals surface area contributed by atoms with Gasteiger partial charge in [0.1, 0.15) is 18.2 Å². The molecule has 1 atom stereocenters. The quantitative estimate of drug-likeness (QED) is 0.407. The summed E-state index contributed by atoms with van der Waals surface area (Å²) >= 11 is 8.18. The Hall–Kier alpha value is -2.31. The molecule has 3 aromatic rings. The zero-order valence-electron chi connectivity index (χ0n) is 13.7. The largest absolute Gasteiger partial charge is 0.294 e. The molecule has 26 heavy (non-hydrogen) atoms. The van der Waals surface area contributed by atoms with Crippen LogP contribution in [0.2, 0.25) is 5.02 Å². The van der Waals surface area contributed by atoms with E-state index in [2.05, 4.69) is 37.7 Å². The number of nitriles is 1. The van der Waals surface area contributed by atoms with Gasteiger partial charge in [-0.3, -0.25) is 4.79 Å². The van der Waals surface area contributed by atoms with Gasteiger partial charge >= 0.3 is 0 Å². The van der Waals surface area contributed by atoms with E-state index >= 15 is 0 Å². The third-order valence-electron chi connectivity index (χ3n) is 3.78. The molecule has 0 saturated heterocycles. The summed E-state index contributed by atoms with van der Waals surface area (Å²) in [4.78, 5) is 21.1. The lowest BCUT2D eigenvalue weighted by atomic mass is 9.99. The molecule has 0 aliphatic heterocycles. The average Bonchev–Trinajstić information content (AvgIpc) is 3.10. The number of rotatable bonds is 5. The molecule has 0 unspecified atom stereocenters. The van der Waals surface area contributed by atoms with Crippen LogP contribution in [0.15, 0.2) is 42.9 Å². The van der Waals surface area contributed by atoms with Crippen LogP contribution in [0.5, 0.6) is 0 Å². The van der Waals surface area contributed by atoms with Gasteiger partial charge in [-0.25, -0.2) is 9.97 Å². The zero-order chi connectivity index (χ0) is 18.7. The lowest BCUT2D eigenvalue weighted by Crippen LogP contribution is -2.12. The van der Waals surface area contributed by atoms with Gasteiger partial charge in [-0.2, -0.15) is 15.0 Å². The Morgan fingerprint density at radius 1 is 1.35 bits per heavy atom. The van der Waals surface area contributed by atoms with E-state index in [9.17, 15) is 4.79 Å². The molecule has 0 spiro atoms. The van der Waals surface area contributed by atoms with Crippen LogP contribution in [-0.2, 0) is 0 Å². The summed E-state index contributed by atoms with van der Waals surface area (Å²) in [5, 5.41) is 13.6. The van der Waals surface area contributed by atoms with E-state index in [-0.39, 0.29) is 18.1 Å². The minimum Gasteiger partial charge on any atom is -0.294 e. The van der Waals surface area contributed by atoms with Crippen LogP contribution in [0.3, 0.4) is 0 Å². The minimum absolute atomic E-state index is 0.0137. The van der Waals surface area contributed by atoms with Crippen molar-refractivity contribution >= 4 is 40.0 Å². The van der Waals surface area contributed by atoms with Crippen molar-refractivity contribution < 1.29 is 4.79 Å². The van der Waals surface area contributed by atoms with E-state index in [1.54, 1.807) is 28.9 Å². The monoisotopic (exact) mass is 477 g/mol. The van der Waals surface area contributed by atoms with Crippen molar-refractivity contribution in [2.45, 2.75) is 19.3 Å². The van der Waals surface area contributed by atoms with Gasteiger partial charge in [-0.1, -0.05) is 18.5 Å². The van der Waals surface area contributed by atoms with Crippen molar-refractivity contribution in [3.05, 3.63) is 68.4 Å². The van der Waals surface area contributed by atoms with Gasteiger partial charge in [0.05, 0.1) is 5.56 Å². The average molecular weight is 478 g/mol. The third kappa shape index (κ3) is 4.08. The summed E-state index contributed by atoms with van der Waals surface area (Å²) in [7, 11) is 0. The number of hydrogen-bond donors (Lipinski definition) is 0. The van der Waals surface area contributed by atoms with Gasteiger partial charge in [-0.05, 0) is 52.9 Å². The van der Waals surface area contributed by atoms with Crippen molar-refractivity contribution in [1.29, 1.82) is 5.26 Å². The number of pyridine rings is 1. The maximum atomic E-state index is 12.6. The third-order valence-corrected chi connectivity index (χ3v) is 4.63. The summed E-state index contributed by atoms with van der Waals surface area (Å²) < 4.78 is 2.50. The number of Topliss-reactive ketones (excluding diaryl/α,β-unsaturated/α-hetero) is 1. The SMILES string of the molecule is C[C@H](CC(=O)c1cc(Cl)cc(I)c1)c1ncnn1-c1ccc(C#N)cn1. The Morgan fingerprint density at radius 3 is 2.81 bits per heavy atom. The predicted octanol–water partition coefficient (Wildman–Crippen LogP) is 4.17. The highest BCUT2D eigenvalue weighted by Crippen LogP contribution is 2.23. The van der Waals surface area contributed by atoms with Crippen LogP contribution in [0, 0.1) is 14.9 Å². The van der Waals surface area contributed by atoms with E-state index < -0.39 is 0 Å². The molecule has 0 aliphatic rings. The molecule has 0 N–H and O–H groups in total. The molecule has 0 saturated carbocycles. The van der Waals surface area contributed by atoms with Gasteiger partial charge in [0.25, 0.3) is 0 Å². The summed E-state index contributed by atoms with van der Waals surface area (Å²) in [6.07, 6.45) is 3.18. The van der Waals surface area contributed by atoms with Crippen LogP contribution in [0.25, 0.3) is 5.82 Å². The van der Waals surface area contributed by atoms with Crippen molar-refractivity contribution in [2.75, 3.05) is 0 Å². The lowest BCUT2D eigenvalue weighted by Gasteiger charge is -2.12. The van der Waals surface area contributed by atoms with Crippen molar-refractivity contribution in [2.24, 2.45) is 0 Å². The Labute approximate surface area is 169 Å². The predicted molar refractivity (Wildman–Crippen MR) is 105 cm³/mol. The molecule has 130 valence electrons. The number of nitrogens with zero attached hydrogens (tertiary/aromatic N) is 5. The van der Waals surface area contributed by atoms with Crippen LogP contribution < -0.4 is 0 Å². The number of carbonyl (C=O) groups is 1. The van der Waals surface area contributed by atoms with Crippen LogP contribution in [0.1, 0.15) is 41.0 Å². The summed E-state index contributed by atoms with van der Waals surface area (Å²) in [6, 6.07) is 10.7. The fourth-order valence-corrected chi connectivity index (χ4v) is 3.63. The van der Waals surface area contributed by atoms with E-state index in [0.29, 0.717) is 27.8 Å². The maximum absolute atomic E-state index is 12.6. The highest BCUT2D eigenvalue weighted by molar-refractivity contribution is 14.1. The summed E-state index contributed by atoms with van der Waals surface area (Å²) in [5.74, 6) is 1.000. The summed E-state index contributed by atoms with van der Waals surface area (Å²) in [5.41, 5.74) is 1.05. The molecule has 1 aromatic carbocycles. The van der Waals surface area contributed by atoms with E-state index in [1.807, 2.05) is 19.1 Å². The van der Waals surface area contributed by atoms with E-state index in [1.165, 1.54) is 12.5 Å². The first-order valence-corrected chi connectivity index (χ1v) is 9.19. The first-order chi connectivity index (χ1) is 12.5. The molecule has 0 radical (unpaired) electrons. The number of halogens is 2. The molecular formula is C18H13ClIN5O. The zero-order valence-corrected chi connectivity index (χ0v) is 16.6. The lowest BCUT2D eigenvalue weighted by molar-refractivity contribution is 0.0974. The molecule has 0 bridgehead atoms. The Morgan fingerprint density at radius 2 is 2.15 bits per heavy atom. The first-order valence-electron chi connectivity index (χ1n) is 7.73. The number of aromatic nitrogens is 4. The van der Waals surface area contributed by atoms with Crippen LogP contribution in [-0.4, -0.2) is 25.5 Å². The maximum Gasteiger partial charge on any atom is 0.163 e. The molecule has 0 amide bonds. The Kier molecular flexibility index (Phi) is 5.64. The number of benzene rings is 1. The second-order valence-corrected chi connectivity index (χ2v) is 7.42. The second-order valence-electron chi connectivity index (χ2n) is 5.73. The highest BCUT2D eigenvalue weighted by atomic mass is 127. The molecule has 0 aliphatic carbocycles. The van der Waals surface area contributed by atoms with Crippen molar-refractivity contribution in [1.82, 2.24) is 19.7 Å². The van der Waals surface area contributed by atoms with Gasteiger partial charge < -0.3 is 0 Å². The van der Waals surface area contributed by atoms with Gasteiger partial charge in [0.2, 0.25) is 0 Å². The van der Waals surface area contributed by atoms with Gasteiger partial charge in [0, 0.05) is 32.7 Å². The van der Waals surface area contributed by atoms with E-state index in [0.717, 1.165) is 3.57 Å². The number of ketones is 1. The van der Waals surface area contributed by atoms with Gasteiger partial charge in [0.15, 0.2) is 11.6 Å². The fraction of sp³-hybridized carbons (Fsp3) is 0.167. The highest BCUT2D eigenvalue weighted by Gasteiger charge is 2.20. The Bertz CT molecular complexity index is 973. The topological polar surface area (TPSA) is 84.5 Å². The number of hydrogen-bond acceptors (Lipinski definition) is 5. The molecule has 3 rings (SSSR count). The fourth-order valence-electron chi connectivity index (χ4n) is 2.54. The normalized spacial score (nSPS) is 11.8. The number of carbonyl (C=O) groups excluding carboxylic acids is 1. The molecule has 8 heteroatoms. The standard InChI is InChI=1S/C18H13ClIN5O/c1-11(4-16(26)13-5-14(19)7-15(20)6-13)18-23-10-24-25(18)17-3-2-12(8-21)9-22-17/h2-3,5-7,9-11H,4H2,1H3/t11-/m1/s1. The van der Waals surface area contributed by atoms with Gasteiger partial charge in [-0.15, -0.1) is 0 Å². The molecule has 6 nitrogen and oxygen atoms in total. The van der Waals surface area contributed by atoms with Crippen molar-refractivity contribution in [3.8, 4) is 11.9 Å².